The van der Waals surface area contributed by atoms with E-state index in [1.54, 1.807) is 0 Å². The van der Waals surface area contributed by atoms with Gasteiger partial charge in [-0.2, -0.15) is 0 Å². The molecule has 0 spiro atoms. The summed E-state index contributed by atoms with van der Waals surface area (Å²) in [7, 11) is 0. The highest BCUT2D eigenvalue weighted by atomic mass is 32.1. The third-order valence-corrected chi connectivity index (χ3v) is 13.3. The summed E-state index contributed by atoms with van der Waals surface area (Å²) in [6, 6.07) is 56.1. The third kappa shape index (κ3) is 5.68. The Bertz CT molecular complexity index is 3370. The zero-order valence-electron chi connectivity index (χ0n) is 31.6. The van der Waals surface area contributed by atoms with Crippen LogP contribution in [0.15, 0.2) is 176 Å². The van der Waals surface area contributed by atoms with E-state index in [0.29, 0.717) is 17.5 Å². The maximum atomic E-state index is 5.03. The Morgan fingerprint density at radius 3 is 1.79 bits per heavy atom. The molecular formula is C52H34N4S2. The Morgan fingerprint density at radius 2 is 1.09 bits per heavy atom. The van der Waals surface area contributed by atoms with E-state index in [-0.39, 0.29) is 0 Å². The summed E-state index contributed by atoms with van der Waals surface area (Å²) in [4.78, 5) is 15.0. The predicted molar refractivity (Wildman–Crippen MR) is 248 cm³/mol. The van der Waals surface area contributed by atoms with E-state index < -0.39 is 0 Å². The monoisotopic (exact) mass is 778 g/mol. The minimum absolute atomic E-state index is 0.657. The third-order valence-electron chi connectivity index (χ3n) is 11.0. The number of benzene rings is 7. The molecule has 0 unspecified atom stereocenters. The standard InChI is InChI=1S/C52H34N4S2/c1-3-4-18-38-32(2)56(44-21-12-11-19-40(38)44)37-25-28-47-43(31-37)49-39(20-13-22-48(49)58-47)35-23-26-45-41(29-35)42-30-36(24-27-46(42)57-45)52-54-50(33-14-7-5-8-15-33)53-51(55-52)34-16-9-6-10-17-34/h3-31H,1H2,2H3/b18-4-. The molecular weight excluding hydrogens is 745 g/mol. The minimum atomic E-state index is 0.657. The average molecular weight is 779 g/mol. The van der Waals surface area contributed by atoms with Gasteiger partial charge in [0.05, 0.1) is 5.52 Å². The van der Waals surface area contributed by atoms with Gasteiger partial charge in [0.1, 0.15) is 0 Å². The second-order valence-electron chi connectivity index (χ2n) is 14.5. The molecule has 0 N–H and O–H groups in total. The first kappa shape index (κ1) is 34.3. The molecule has 0 aliphatic carbocycles. The first-order valence-electron chi connectivity index (χ1n) is 19.3. The largest absolute Gasteiger partial charge is 0.313 e. The van der Waals surface area contributed by atoms with Crippen LogP contribution in [0.2, 0.25) is 0 Å². The van der Waals surface area contributed by atoms with E-state index in [4.69, 9.17) is 15.0 Å². The quantitative estimate of drug-likeness (QED) is 0.151. The molecule has 7 aromatic carbocycles. The predicted octanol–water partition coefficient (Wildman–Crippen LogP) is 14.7. The first-order chi connectivity index (χ1) is 28.6. The Balaban J connectivity index is 1.06. The van der Waals surface area contributed by atoms with Gasteiger partial charge in [-0.25, -0.2) is 15.0 Å². The lowest BCUT2D eigenvalue weighted by Crippen LogP contribution is -2.00. The van der Waals surface area contributed by atoms with Crippen LogP contribution in [0.1, 0.15) is 11.3 Å². The topological polar surface area (TPSA) is 43.6 Å². The molecule has 0 fully saturated rings. The van der Waals surface area contributed by atoms with Crippen LogP contribution in [-0.4, -0.2) is 19.5 Å². The van der Waals surface area contributed by atoms with Crippen molar-refractivity contribution >= 4 is 80.0 Å². The van der Waals surface area contributed by atoms with Crippen molar-refractivity contribution in [2.24, 2.45) is 0 Å². The molecule has 274 valence electrons. The van der Waals surface area contributed by atoms with Gasteiger partial charge in [-0.1, -0.05) is 122 Å². The van der Waals surface area contributed by atoms with Crippen molar-refractivity contribution in [2.75, 3.05) is 0 Å². The van der Waals surface area contributed by atoms with Gasteiger partial charge in [-0.05, 0) is 78.7 Å². The number of para-hydroxylation sites is 1. The van der Waals surface area contributed by atoms with Crippen molar-refractivity contribution in [1.29, 1.82) is 0 Å². The van der Waals surface area contributed by atoms with Crippen molar-refractivity contribution in [3.05, 3.63) is 188 Å². The summed E-state index contributed by atoms with van der Waals surface area (Å²) >= 11 is 3.68. The fourth-order valence-corrected chi connectivity index (χ4v) is 10.5. The van der Waals surface area contributed by atoms with Gasteiger partial charge >= 0.3 is 0 Å². The molecule has 0 atom stereocenters. The molecule has 6 heteroatoms. The molecule has 0 saturated heterocycles. The van der Waals surface area contributed by atoms with Gasteiger partial charge in [-0.3, -0.25) is 0 Å². The maximum absolute atomic E-state index is 5.03. The number of hydrogen-bond acceptors (Lipinski definition) is 5. The molecule has 0 saturated carbocycles. The highest BCUT2D eigenvalue weighted by molar-refractivity contribution is 7.26. The SMILES string of the molecule is C=C/C=C\c1c(C)n(-c2ccc3sc4cccc(-c5ccc6sc7ccc(-c8nc(-c9ccccc9)nc(-c9ccccc9)n8)cc7c6c5)c4c3c2)c2ccccc12. The fourth-order valence-electron chi connectivity index (χ4n) is 8.32. The van der Waals surface area contributed by atoms with Gasteiger partial charge in [0.15, 0.2) is 17.5 Å². The summed E-state index contributed by atoms with van der Waals surface area (Å²) in [5, 5.41) is 6.22. The van der Waals surface area contributed by atoms with Crippen molar-refractivity contribution in [3.8, 4) is 51.0 Å². The lowest BCUT2D eigenvalue weighted by atomic mass is 9.97. The van der Waals surface area contributed by atoms with Crippen LogP contribution < -0.4 is 0 Å². The van der Waals surface area contributed by atoms with E-state index in [0.717, 1.165) is 22.4 Å². The van der Waals surface area contributed by atoms with Crippen LogP contribution in [0.5, 0.6) is 0 Å². The Labute approximate surface area is 343 Å². The second kappa shape index (κ2) is 13.9. The van der Waals surface area contributed by atoms with E-state index in [2.05, 4.69) is 121 Å². The van der Waals surface area contributed by atoms with E-state index >= 15 is 0 Å². The van der Waals surface area contributed by atoms with Crippen molar-refractivity contribution in [2.45, 2.75) is 6.92 Å². The van der Waals surface area contributed by atoms with Crippen LogP contribution in [0.25, 0.3) is 108 Å². The first-order valence-corrected chi connectivity index (χ1v) is 20.9. The van der Waals surface area contributed by atoms with Crippen molar-refractivity contribution < 1.29 is 0 Å². The Morgan fingerprint density at radius 1 is 0.500 bits per heavy atom. The number of aromatic nitrogens is 4. The van der Waals surface area contributed by atoms with Crippen LogP contribution in [0.3, 0.4) is 0 Å². The molecule has 0 aliphatic heterocycles. The van der Waals surface area contributed by atoms with E-state index in [1.807, 2.05) is 95.5 Å². The summed E-state index contributed by atoms with van der Waals surface area (Å²) in [6.07, 6.45) is 6.02. The van der Waals surface area contributed by atoms with Crippen LogP contribution >= 0.6 is 22.7 Å². The summed E-state index contributed by atoms with van der Waals surface area (Å²) < 4.78 is 7.44. The molecule has 0 aliphatic rings. The number of rotatable bonds is 7. The maximum Gasteiger partial charge on any atom is 0.164 e. The van der Waals surface area contributed by atoms with Gasteiger partial charge < -0.3 is 4.57 Å². The number of nitrogens with zero attached hydrogens (tertiary/aromatic N) is 4. The fraction of sp³-hybridized carbons (Fsp3) is 0.0192. The van der Waals surface area contributed by atoms with Gasteiger partial charge in [0.2, 0.25) is 0 Å². The second-order valence-corrected chi connectivity index (χ2v) is 16.6. The summed E-state index contributed by atoms with van der Waals surface area (Å²) in [5.74, 6) is 1.97. The number of thiophene rings is 2. The van der Waals surface area contributed by atoms with Crippen molar-refractivity contribution in [3.63, 3.8) is 0 Å². The smallest absolute Gasteiger partial charge is 0.164 e. The average Bonchev–Trinajstić information content (AvgIpc) is 3.93. The highest BCUT2D eigenvalue weighted by Gasteiger charge is 2.18. The number of fused-ring (bicyclic) bond motifs is 7. The van der Waals surface area contributed by atoms with E-state index in [1.165, 1.54) is 73.6 Å². The van der Waals surface area contributed by atoms with Crippen molar-refractivity contribution in [1.82, 2.24) is 19.5 Å². The molecule has 58 heavy (non-hydrogen) atoms. The van der Waals surface area contributed by atoms with Crippen LogP contribution in [-0.2, 0) is 0 Å². The van der Waals surface area contributed by atoms with Gasteiger partial charge in [-0.15, -0.1) is 22.7 Å². The molecule has 0 amide bonds. The van der Waals surface area contributed by atoms with Crippen LogP contribution in [0.4, 0.5) is 0 Å². The molecule has 0 radical (unpaired) electrons. The van der Waals surface area contributed by atoms with Gasteiger partial charge in [0.25, 0.3) is 0 Å². The number of hydrogen-bond donors (Lipinski definition) is 0. The number of allylic oxidation sites excluding steroid dienone is 2. The van der Waals surface area contributed by atoms with E-state index in [9.17, 15) is 0 Å². The molecule has 11 rings (SSSR count). The molecule has 4 aromatic heterocycles. The normalized spacial score (nSPS) is 11.9. The Hall–Kier alpha value is -6.99. The zero-order valence-corrected chi connectivity index (χ0v) is 33.2. The molecule has 0 bridgehead atoms. The van der Waals surface area contributed by atoms with Gasteiger partial charge in [0, 0.05) is 79.4 Å². The lowest BCUT2D eigenvalue weighted by Gasteiger charge is -2.10. The highest BCUT2D eigenvalue weighted by Crippen LogP contribution is 2.44. The minimum Gasteiger partial charge on any atom is -0.313 e. The lowest BCUT2D eigenvalue weighted by molar-refractivity contribution is 1.05. The molecule has 11 aromatic rings. The summed E-state index contributed by atoms with van der Waals surface area (Å²) in [6.45, 7) is 6.12. The molecule has 4 nitrogen and oxygen atoms in total. The molecule has 4 heterocycles. The van der Waals surface area contributed by atoms with Crippen LogP contribution in [0, 0.1) is 6.92 Å². The Kier molecular flexibility index (Phi) is 8.21. The zero-order chi connectivity index (χ0) is 38.7. The summed E-state index contributed by atoms with van der Waals surface area (Å²) in [5.41, 5.74) is 10.1.